The second kappa shape index (κ2) is 8.58. The van der Waals surface area contributed by atoms with Crippen LogP contribution in [0.3, 0.4) is 0 Å². The molecule has 2 aromatic carbocycles. The SMILES string of the molecule is O=C(N[C@@H](CO)C(=O)NCc1ccccc1)c1c(F)c(F)c(F)c(F)c1F. The van der Waals surface area contributed by atoms with Crippen molar-refractivity contribution in [2.75, 3.05) is 6.61 Å². The van der Waals surface area contributed by atoms with Crippen molar-refractivity contribution < 1.29 is 36.6 Å². The van der Waals surface area contributed by atoms with Crippen LogP contribution in [0, 0.1) is 29.1 Å². The second-order valence-corrected chi connectivity index (χ2v) is 5.36. The molecule has 0 aliphatic carbocycles. The normalized spacial score (nSPS) is 11.8. The first-order chi connectivity index (χ1) is 12.8. The van der Waals surface area contributed by atoms with Gasteiger partial charge in [0, 0.05) is 6.54 Å². The van der Waals surface area contributed by atoms with Crippen LogP contribution in [0.1, 0.15) is 15.9 Å². The second-order valence-electron chi connectivity index (χ2n) is 5.36. The molecule has 2 amide bonds. The molecule has 0 radical (unpaired) electrons. The van der Waals surface area contributed by atoms with E-state index in [-0.39, 0.29) is 6.54 Å². The molecule has 2 aromatic rings. The summed E-state index contributed by atoms with van der Waals surface area (Å²) in [6.07, 6.45) is 0. The molecule has 2 rings (SSSR count). The van der Waals surface area contributed by atoms with Gasteiger partial charge in [-0.2, -0.15) is 0 Å². The Balaban J connectivity index is 2.14. The average molecular weight is 388 g/mol. The van der Waals surface area contributed by atoms with Crippen molar-refractivity contribution in [2.24, 2.45) is 0 Å². The number of rotatable bonds is 6. The van der Waals surface area contributed by atoms with Crippen LogP contribution in [-0.4, -0.2) is 29.6 Å². The Bertz CT molecular complexity index is 832. The van der Waals surface area contributed by atoms with E-state index in [0.29, 0.717) is 5.56 Å². The number of aliphatic hydroxyl groups is 1. The van der Waals surface area contributed by atoms with Crippen LogP contribution in [0.5, 0.6) is 0 Å². The van der Waals surface area contributed by atoms with Gasteiger partial charge < -0.3 is 15.7 Å². The fourth-order valence-electron chi connectivity index (χ4n) is 2.14. The highest BCUT2D eigenvalue weighted by Crippen LogP contribution is 2.23. The molecule has 0 spiro atoms. The highest BCUT2D eigenvalue weighted by Gasteiger charge is 2.31. The molecule has 0 unspecified atom stereocenters. The topological polar surface area (TPSA) is 78.4 Å². The molecule has 0 saturated heterocycles. The molecule has 144 valence electrons. The van der Waals surface area contributed by atoms with Gasteiger partial charge in [-0.05, 0) is 5.56 Å². The molecule has 0 saturated carbocycles. The molecule has 5 nitrogen and oxygen atoms in total. The van der Waals surface area contributed by atoms with Crippen molar-refractivity contribution >= 4 is 11.8 Å². The van der Waals surface area contributed by atoms with E-state index in [1.165, 1.54) is 0 Å². The number of aliphatic hydroxyl groups excluding tert-OH is 1. The Labute approximate surface area is 149 Å². The van der Waals surface area contributed by atoms with Crippen LogP contribution in [0.25, 0.3) is 0 Å². The molecule has 0 bridgehead atoms. The van der Waals surface area contributed by atoms with Gasteiger partial charge in [0.05, 0.1) is 6.61 Å². The zero-order chi connectivity index (χ0) is 20.1. The number of hydrogen-bond donors (Lipinski definition) is 3. The van der Waals surface area contributed by atoms with Gasteiger partial charge in [-0.25, -0.2) is 22.0 Å². The predicted molar refractivity (Wildman–Crippen MR) is 82.9 cm³/mol. The summed E-state index contributed by atoms with van der Waals surface area (Å²) in [6.45, 7) is -0.948. The molecular formula is C17H13F5N2O3. The van der Waals surface area contributed by atoms with Gasteiger partial charge in [-0.3, -0.25) is 9.59 Å². The summed E-state index contributed by atoms with van der Waals surface area (Å²) in [6, 6.07) is 6.85. The molecule has 0 fully saturated rings. The van der Waals surface area contributed by atoms with E-state index in [1.807, 2.05) is 0 Å². The minimum atomic E-state index is -2.42. The molecule has 27 heavy (non-hydrogen) atoms. The summed E-state index contributed by atoms with van der Waals surface area (Å²) >= 11 is 0. The van der Waals surface area contributed by atoms with E-state index in [0.717, 1.165) is 0 Å². The molecule has 10 heteroatoms. The van der Waals surface area contributed by atoms with Gasteiger partial charge >= 0.3 is 0 Å². The molecule has 0 aliphatic heterocycles. The Morgan fingerprint density at radius 1 is 0.889 bits per heavy atom. The maximum Gasteiger partial charge on any atom is 0.258 e. The molecule has 0 aliphatic rings. The molecule has 3 N–H and O–H groups in total. The third-order valence-electron chi connectivity index (χ3n) is 3.55. The van der Waals surface area contributed by atoms with Gasteiger partial charge in [0.2, 0.25) is 11.7 Å². The maximum atomic E-state index is 13.6. The quantitative estimate of drug-likeness (QED) is 0.401. The van der Waals surface area contributed by atoms with E-state index in [2.05, 4.69) is 5.32 Å². The maximum absolute atomic E-state index is 13.6. The number of carbonyl (C=O) groups is 2. The Morgan fingerprint density at radius 3 is 1.93 bits per heavy atom. The lowest BCUT2D eigenvalue weighted by Crippen LogP contribution is -2.49. The van der Waals surface area contributed by atoms with Crippen LogP contribution in [0.15, 0.2) is 30.3 Å². The first-order valence-electron chi connectivity index (χ1n) is 7.52. The fourth-order valence-corrected chi connectivity index (χ4v) is 2.14. The zero-order valence-electron chi connectivity index (χ0n) is 13.5. The highest BCUT2D eigenvalue weighted by molar-refractivity contribution is 5.98. The van der Waals surface area contributed by atoms with E-state index < -0.39 is 59.1 Å². The summed E-state index contributed by atoms with van der Waals surface area (Å²) in [4.78, 5) is 23.9. The third-order valence-corrected chi connectivity index (χ3v) is 3.55. The monoisotopic (exact) mass is 388 g/mol. The zero-order valence-corrected chi connectivity index (χ0v) is 13.5. The fraction of sp³-hybridized carbons (Fsp3) is 0.176. The lowest BCUT2D eigenvalue weighted by molar-refractivity contribution is -0.124. The van der Waals surface area contributed by atoms with Crippen molar-refractivity contribution in [2.45, 2.75) is 12.6 Å². The van der Waals surface area contributed by atoms with Crippen molar-refractivity contribution in [3.63, 3.8) is 0 Å². The minimum absolute atomic E-state index is 0.0224. The molecule has 0 heterocycles. The summed E-state index contributed by atoms with van der Waals surface area (Å²) in [5.74, 6) is -14.4. The van der Waals surface area contributed by atoms with E-state index in [1.54, 1.807) is 35.6 Å². The Morgan fingerprint density at radius 2 is 1.41 bits per heavy atom. The standard InChI is InChI=1S/C17H13F5N2O3/c18-11-10(12(19)14(21)15(22)13(11)20)17(27)24-9(7-25)16(26)23-6-8-4-2-1-3-5-8/h1-5,9,25H,6-7H2,(H,23,26)(H,24,27)/t9-/m0/s1. The third kappa shape index (κ3) is 4.40. The molecule has 0 aromatic heterocycles. The van der Waals surface area contributed by atoms with Crippen molar-refractivity contribution in [3.05, 3.63) is 70.5 Å². The van der Waals surface area contributed by atoms with Crippen molar-refractivity contribution in [1.29, 1.82) is 0 Å². The number of halogens is 5. The largest absolute Gasteiger partial charge is 0.394 e. The Kier molecular flexibility index (Phi) is 6.45. The molecular weight excluding hydrogens is 375 g/mol. The number of carbonyl (C=O) groups excluding carboxylic acids is 2. The summed E-state index contributed by atoms with van der Waals surface area (Å²) in [7, 11) is 0. The van der Waals surface area contributed by atoms with E-state index in [4.69, 9.17) is 0 Å². The number of benzene rings is 2. The predicted octanol–water partition coefficient (Wildman–Crippen LogP) is 1.79. The van der Waals surface area contributed by atoms with E-state index in [9.17, 15) is 36.6 Å². The van der Waals surface area contributed by atoms with Gasteiger partial charge in [0.15, 0.2) is 23.3 Å². The lowest BCUT2D eigenvalue weighted by atomic mass is 10.1. The smallest absolute Gasteiger partial charge is 0.258 e. The first-order valence-corrected chi connectivity index (χ1v) is 7.52. The van der Waals surface area contributed by atoms with Crippen LogP contribution >= 0.6 is 0 Å². The van der Waals surface area contributed by atoms with Crippen LogP contribution in [0.4, 0.5) is 22.0 Å². The average Bonchev–Trinajstić information content (AvgIpc) is 2.68. The summed E-state index contributed by atoms with van der Waals surface area (Å²) < 4.78 is 66.6. The van der Waals surface area contributed by atoms with Gasteiger partial charge in [0.25, 0.3) is 5.91 Å². The van der Waals surface area contributed by atoms with Crippen molar-refractivity contribution in [3.8, 4) is 0 Å². The van der Waals surface area contributed by atoms with E-state index >= 15 is 0 Å². The van der Waals surface area contributed by atoms with Gasteiger partial charge in [0.1, 0.15) is 11.6 Å². The number of hydrogen-bond acceptors (Lipinski definition) is 3. The number of amides is 2. The first kappa shape index (κ1) is 20.3. The lowest BCUT2D eigenvalue weighted by Gasteiger charge is -2.17. The van der Waals surface area contributed by atoms with Crippen LogP contribution in [0.2, 0.25) is 0 Å². The Hall–Kier alpha value is -3.01. The number of nitrogens with one attached hydrogen (secondary N) is 2. The van der Waals surface area contributed by atoms with Crippen molar-refractivity contribution in [1.82, 2.24) is 10.6 Å². The van der Waals surface area contributed by atoms with Crippen LogP contribution < -0.4 is 10.6 Å². The van der Waals surface area contributed by atoms with Gasteiger partial charge in [-0.15, -0.1) is 0 Å². The van der Waals surface area contributed by atoms with Gasteiger partial charge in [-0.1, -0.05) is 30.3 Å². The minimum Gasteiger partial charge on any atom is -0.394 e. The van der Waals surface area contributed by atoms with Crippen LogP contribution in [-0.2, 0) is 11.3 Å². The summed E-state index contributed by atoms with van der Waals surface area (Å²) in [5.41, 5.74) is -1.06. The highest BCUT2D eigenvalue weighted by atomic mass is 19.2. The molecule has 1 atom stereocenters. The summed E-state index contributed by atoms with van der Waals surface area (Å²) in [5, 5.41) is 13.3.